The van der Waals surface area contributed by atoms with Gasteiger partial charge >= 0.3 is 0 Å². The molecule has 17 heavy (non-hydrogen) atoms. The van der Waals surface area contributed by atoms with Crippen molar-refractivity contribution in [3.8, 4) is 0 Å². The lowest BCUT2D eigenvalue weighted by atomic mass is 10.1. The molecule has 3 nitrogen and oxygen atoms in total. The Kier molecular flexibility index (Phi) is 8.23. The minimum absolute atomic E-state index is 0.0747. The molecule has 0 aromatic rings. The molecule has 0 aliphatic carbocycles. The van der Waals surface area contributed by atoms with Crippen LogP contribution in [-0.4, -0.2) is 37.0 Å². The maximum absolute atomic E-state index is 12.2. The first-order chi connectivity index (χ1) is 7.88. The highest BCUT2D eigenvalue weighted by atomic mass is 16.2. The fourth-order valence-corrected chi connectivity index (χ4v) is 1.56. The summed E-state index contributed by atoms with van der Waals surface area (Å²) in [7, 11) is 1.84. The Labute approximate surface area is 107 Å². The van der Waals surface area contributed by atoms with Crippen molar-refractivity contribution >= 4 is 5.91 Å². The molecule has 0 aromatic carbocycles. The van der Waals surface area contributed by atoms with Crippen molar-refractivity contribution < 1.29 is 4.79 Å². The minimum Gasteiger partial charge on any atom is -0.341 e. The molecule has 0 radical (unpaired) electrons. The maximum Gasteiger partial charge on any atom is 0.239 e. The second-order valence-electron chi connectivity index (χ2n) is 5.70. The van der Waals surface area contributed by atoms with E-state index in [0.29, 0.717) is 11.8 Å². The lowest BCUT2D eigenvalue weighted by Crippen LogP contribution is -2.44. The van der Waals surface area contributed by atoms with E-state index < -0.39 is 0 Å². The van der Waals surface area contributed by atoms with Crippen molar-refractivity contribution in [3.05, 3.63) is 0 Å². The lowest BCUT2D eigenvalue weighted by molar-refractivity contribution is -0.133. The van der Waals surface area contributed by atoms with E-state index in [2.05, 4.69) is 33.0 Å². The molecule has 0 aliphatic heterocycles. The van der Waals surface area contributed by atoms with Crippen LogP contribution in [0.3, 0.4) is 0 Å². The molecule has 0 spiro atoms. The van der Waals surface area contributed by atoms with Gasteiger partial charge in [0.25, 0.3) is 0 Å². The Hall–Kier alpha value is -0.570. The first-order valence-electron chi connectivity index (χ1n) is 6.84. The molecule has 1 N–H and O–H groups in total. The van der Waals surface area contributed by atoms with E-state index in [1.807, 2.05) is 18.9 Å². The maximum atomic E-state index is 12.2. The summed E-state index contributed by atoms with van der Waals surface area (Å²) in [5.41, 5.74) is 0. The fourth-order valence-electron chi connectivity index (χ4n) is 1.56. The average molecular weight is 242 g/mol. The van der Waals surface area contributed by atoms with E-state index in [1.165, 1.54) is 0 Å². The van der Waals surface area contributed by atoms with E-state index in [4.69, 9.17) is 0 Å². The molecule has 0 heterocycles. The molecule has 0 rings (SSSR count). The van der Waals surface area contributed by atoms with Crippen LogP contribution >= 0.6 is 0 Å². The summed E-state index contributed by atoms with van der Waals surface area (Å²) in [6.45, 7) is 12.5. The van der Waals surface area contributed by atoms with Gasteiger partial charge in [0, 0.05) is 13.1 Å². The first kappa shape index (κ1) is 16.4. The number of nitrogens with one attached hydrogen (secondary N) is 1. The molecule has 1 unspecified atom stereocenters. The van der Waals surface area contributed by atoms with Crippen molar-refractivity contribution in [1.29, 1.82) is 0 Å². The summed E-state index contributed by atoms with van der Waals surface area (Å²) in [5.74, 6) is 1.53. The normalized spacial score (nSPS) is 13.2. The van der Waals surface area contributed by atoms with Crippen LogP contribution in [0.15, 0.2) is 0 Å². The zero-order valence-corrected chi connectivity index (χ0v) is 12.4. The highest BCUT2D eigenvalue weighted by Crippen LogP contribution is 2.08. The summed E-state index contributed by atoms with van der Waals surface area (Å²) in [6, 6.07) is -0.0747. The van der Waals surface area contributed by atoms with Gasteiger partial charge in [0.1, 0.15) is 0 Å². The Bertz CT molecular complexity index is 202. The van der Waals surface area contributed by atoms with Crippen molar-refractivity contribution in [2.45, 2.75) is 53.5 Å². The largest absolute Gasteiger partial charge is 0.341 e. The van der Waals surface area contributed by atoms with Gasteiger partial charge in [-0.1, -0.05) is 27.7 Å². The zero-order valence-electron chi connectivity index (χ0n) is 12.4. The van der Waals surface area contributed by atoms with Gasteiger partial charge in [0.05, 0.1) is 6.04 Å². The predicted octanol–water partition coefficient (Wildman–Crippen LogP) is 2.52. The third-order valence-electron chi connectivity index (χ3n) is 3.07. The third kappa shape index (κ3) is 7.37. The van der Waals surface area contributed by atoms with E-state index in [9.17, 15) is 4.79 Å². The summed E-state index contributed by atoms with van der Waals surface area (Å²) in [6.07, 6.45) is 2.17. The molecule has 0 aliphatic rings. The van der Waals surface area contributed by atoms with Crippen LogP contribution in [0.25, 0.3) is 0 Å². The molecule has 102 valence electrons. The van der Waals surface area contributed by atoms with Gasteiger partial charge in [-0.3, -0.25) is 4.79 Å². The quantitative estimate of drug-likeness (QED) is 0.709. The molecule has 0 saturated carbocycles. The van der Waals surface area contributed by atoms with Crippen LogP contribution < -0.4 is 5.32 Å². The Morgan fingerprint density at radius 3 is 1.71 bits per heavy atom. The van der Waals surface area contributed by atoms with E-state index in [-0.39, 0.29) is 11.9 Å². The van der Waals surface area contributed by atoms with E-state index in [0.717, 1.165) is 25.9 Å². The molecule has 0 saturated heterocycles. The van der Waals surface area contributed by atoms with Gasteiger partial charge in [-0.05, 0) is 38.6 Å². The Morgan fingerprint density at radius 1 is 1.00 bits per heavy atom. The number of nitrogens with zero attached hydrogens (tertiary/aromatic N) is 1. The van der Waals surface area contributed by atoms with Crippen molar-refractivity contribution in [2.75, 3.05) is 20.1 Å². The standard InChI is InChI=1S/C14H30N2O/c1-11(2)7-9-16(10-8-12(3)4)14(17)13(5)15-6/h11-13,15H,7-10H2,1-6H3. The molecule has 1 atom stereocenters. The Morgan fingerprint density at radius 2 is 1.41 bits per heavy atom. The van der Waals surface area contributed by atoms with Gasteiger partial charge in [-0.15, -0.1) is 0 Å². The summed E-state index contributed by atoms with van der Waals surface area (Å²) < 4.78 is 0. The minimum atomic E-state index is -0.0747. The first-order valence-corrected chi connectivity index (χ1v) is 6.84. The van der Waals surface area contributed by atoms with Crippen molar-refractivity contribution in [2.24, 2.45) is 11.8 Å². The number of likely N-dealkylation sites (N-methyl/N-ethyl adjacent to an activating group) is 1. The van der Waals surface area contributed by atoms with Gasteiger partial charge < -0.3 is 10.2 Å². The SMILES string of the molecule is CNC(C)C(=O)N(CCC(C)C)CCC(C)C. The predicted molar refractivity (Wildman–Crippen MR) is 74.0 cm³/mol. The molecule has 0 fully saturated rings. The van der Waals surface area contributed by atoms with Crippen LogP contribution in [0.5, 0.6) is 0 Å². The second-order valence-corrected chi connectivity index (χ2v) is 5.70. The van der Waals surface area contributed by atoms with Gasteiger partial charge in [0.15, 0.2) is 0 Å². The van der Waals surface area contributed by atoms with Crippen LogP contribution in [0.1, 0.15) is 47.5 Å². The van der Waals surface area contributed by atoms with Crippen LogP contribution in [0, 0.1) is 11.8 Å². The third-order valence-corrected chi connectivity index (χ3v) is 3.07. The van der Waals surface area contributed by atoms with E-state index in [1.54, 1.807) is 0 Å². The zero-order chi connectivity index (χ0) is 13.4. The number of hydrogen-bond acceptors (Lipinski definition) is 2. The molecule has 1 amide bonds. The topological polar surface area (TPSA) is 32.3 Å². The van der Waals surface area contributed by atoms with E-state index >= 15 is 0 Å². The fraction of sp³-hybridized carbons (Fsp3) is 0.929. The Balaban J connectivity index is 4.32. The summed E-state index contributed by atoms with van der Waals surface area (Å²) in [4.78, 5) is 14.2. The highest BCUT2D eigenvalue weighted by Gasteiger charge is 2.19. The second kappa shape index (κ2) is 8.51. The number of hydrogen-bond donors (Lipinski definition) is 1. The number of carbonyl (C=O) groups is 1. The molecule has 0 bridgehead atoms. The van der Waals surface area contributed by atoms with Crippen LogP contribution in [0.2, 0.25) is 0 Å². The van der Waals surface area contributed by atoms with Gasteiger partial charge in [-0.2, -0.15) is 0 Å². The summed E-state index contributed by atoms with van der Waals surface area (Å²) >= 11 is 0. The van der Waals surface area contributed by atoms with Gasteiger partial charge in [-0.25, -0.2) is 0 Å². The molecular weight excluding hydrogens is 212 g/mol. The average Bonchev–Trinajstić information content (AvgIpc) is 2.26. The monoisotopic (exact) mass is 242 g/mol. The van der Waals surface area contributed by atoms with Crippen LogP contribution in [-0.2, 0) is 4.79 Å². The molecule has 3 heteroatoms. The number of amides is 1. The van der Waals surface area contributed by atoms with Crippen molar-refractivity contribution in [3.63, 3.8) is 0 Å². The highest BCUT2D eigenvalue weighted by molar-refractivity contribution is 5.81. The lowest BCUT2D eigenvalue weighted by Gasteiger charge is -2.27. The van der Waals surface area contributed by atoms with Crippen molar-refractivity contribution in [1.82, 2.24) is 10.2 Å². The number of carbonyl (C=O) groups excluding carboxylic acids is 1. The molecule has 0 aromatic heterocycles. The van der Waals surface area contributed by atoms with Gasteiger partial charge in [0.2, 0.25) is 5.91 Å². The van der Waals surface area contributed by atoms with Crippen LogP contribution in [0.4, 0.5) is 0 Å². The smallest absolute Gasteiger partial charge is 0.239 e. The summed E-state index contributed by atoms with van der Waals surface area (Å²) in [5, 5.41) is 3.03. The number of rotatable bonds is 8. The molecular formula is C14H30N2O.